The lowest BCUT2D eigenvalue weighted by molar-refractivity contribution is 0.0943. The molecule has 0 bridgehead atoms. The minimum atomic E-state index is -0.101. The van der Waals surface area contributed by atoms with Crippen molar-refractivity contribution in [3.05, 3.63) is 29.8 Å². The molecule has 0 saturated heterocycles. The topological polar surface area (TPSA) is 58.6 Å². The number of carbonyl (C=O) groups is 1. The second-order valence-electron chi connectivity index (χ2n) is 5.19. The van der Waals surface area contributed by atoms with Crippen LogP contribution >= 0.6 is 0 Å². The zero-order valence-corrected chi connectivity index (χ0v) is 12.6. The highest BCUT2D eigenvalue weighted by molar-refractivity contribution is 5.94. The van der Waals surface area contributed by atoms with Gasteiger partial charge in [0.2, 0.25) is 0 Å². The van der Waals surface area contributed by atoms with Crippen molar-refractivity contribution in [3.63, 3.8) is 0 Å². The van der Waals surface area contributed by atoms with Crippen molar-refractivity contribution in [3.8, 4) is 5.75 Å². The fourth-order valence-electron chi connectivity index (χ4n) is 1.96. The van der Waals surface area contributed by atoms with Gasteiger partial charge in [-0.05, 0) is 44.4 Å². The predicted molar refractivity (Wildman–Crippen MR) is 80.0 cm³/mol. The van der Waals surface area contributed by atoms with Crippen LogP contribution in [0, 0.1) is 5.92 Å². The van der Waals surface area contributed by atoms with E-state index in [0.29, 0.717) is 30.2 Å². The highest BCUT2D eigenvalue weighted by atomic mass is 16.5. The van der Waals surface area contributed by atoms with Crippen LogP contribution in [0.5, 0.6) is 5.75 Å². The monoisotopic (exact) mass is 279 g/mol. The van der Waals surface area contributed by atoms with Gasteiger partial charge in [0, 0.05) is 18.7 Å². The van der Waals surface area contributed by atoms with E-state index in [-0.39, 0.29) is 18.6 Å². The Morgan fingerprint density at radius 2 is 2.15 bits per heavy atom. The number of benzene rings is 1. The fraction of sp³-hybridized carbons (Fsp3) is 0.562. The summed E-state index contributed by atoms with van der Waals surface area (Å²) < 4.78 is 5.58. The maximum absolute atomic E-state index is 12.1. The SMILES string of the molecule is CCC(CCO)CNC(=O)c1cccc(OC(C)C)c1. The first-order valence-electron chi connectivity index (χ1n) is 7.22. The molecule has 4 nitrogen and oxygen atoms in total. The van der Waals surface area contributed by atoms with E-state index in [1.54, 1.807) is 12.1 Å². The quantitative estimate of drug-likeness (QED) is 0.769. The summed E-state index contributed by atoms with van der Waals surface area (Å²) in [5, 5.41) is 11.9. The second kappa shape index (κ2) is 8.59. The first kappa shape index (κ1) is 16.5. The van der Waals surface area contributed by atoms with Gasteiger partial charge in [0.25, 0.3) is 5.91 Å². The number of nitrogens with one attached hydrogen (secondary N) is 1. The van der Waals surface area contributed by atoms with Crippen molar-refractivity contribution in [2.24, 2.45) is 5.92 Å². The van der Waals surface area contributed by atoms with Crippen LogP contribution in [0.3, 0.4) is 0 Å². The summed E-state index contributed by atoms with van der Waals surface area (Å²) in [4.78, 5) is 12.1. The number of aliphatic hydroxyl groups is 1. The van der Waals surface area contributed by atoms with E-state index in [1.165, 1.54) is 0 Å². The molecule has 0 aliphatic rings. The first-order chi connectivity index (χ1) is 9.56. The van der Waals surface area contributed by atoms with Crippen molar-refractivity contribution in [1.29, 1.82) is 0 Å². The molecule has 0 aliphatic carbocycles. The summed E-state index contributed by atoms with van der Waals surface area (Å²) in [5.41, 5.74) is 0.599. The van der Waals surface area contributed by atoms with Gasteiger partial charge in [0.05, 0.1) is 6.10 Å². The predicted octanol–water partition coefficient (Wildman–Crippen LogP) is 2.61. The van der Waals surface area contributed by atoms with Crippen LogP contribution in [0.4, 0.5) is 0 Å². The molecule has 1 aromatic carbocycles. The first-order valence-corrected chi connectivity index (χ1v) is 7.22. The Hall–Kier alpha value is -1.55. The van der Waals surface area contributed by atoms with Crippen molar-refractivity contribution in [1.82, 2.24) is 5.32 Å². The lowest BCUT2D eigenvalue weighted by Crippen LogP contribution is -2.29. The fourth-order valence-corrected chi connectivity index (χ4v) is 1.96. The van der Waals surface area contributed by atoms with Gasteiger partial charge in [-0.2, -0.15) is 0 Å². The van der Waals surface area contributed by atoms with Crippen LogP contribution in [-0.2, 0) is 0 Å². The van der Waals surface area contributed by atoms with Gasteiger partial charge in [0.1, 0.15) is 5.75 Å². The summed E-state index contributed by atoms with van der Waals surface area (Å²) in [7, 11) is 0. The van der Waals surface area contributed by atoms with E-state index in [2.05, 4.69) is 12.2 Å². The number of hydrogen-bond acceptors (Lipinski definition) is 3. The number of hydrogen-bond donors (Lipinski definition) is 2. The molecule has 0 aromatic heterocycles. The lowest BCUT2D eigenvalue weighted by Gasteiger charge is -2.15. The molecule has 1 unspecified atom stereocenters. The van der Waals surface area contributed by atoms with E-state index in [9.17, 15) is 4.79 Å². The lowest BCUT2D eigenvalue weighted by atomic mass is 10.0. The third kappa shape index (κ3) is 5.61. The Morgan fingerprint density at radius 1 is 1.40 bits per heavy atom. The number of carbonyl (C=O) groups excluding carboxylic acids is 1. The Labute approximate surface area is 121 Å². The molecule has 0 spiro atoms. The Balaban J connectivity index is 2.58. The summed E-state index contributed by atoms with van der Waals surface area (Å²) in [6.07, 6.45) is 1.74. The minimum Gasteiger partial charge on any atom is -0.491 e. The van der Waals surface area contributed by atoms with Crippen LogP contribution in [0.1, 0.15) is 44.0 Å². The molecule has 0 heterocycles. The van der Waals surface area contributed by atoms with Crippen molar-refractivity contribution in [2.45, 2.75) is 39.7 Å². The smallest absolute Gasteiger partial charge is 0.251 e. The number of ether oxygens (including phenoxy) is 1. The van der Waals surface area contributed by atoms with Crippen molar-refractivity contribution >= 4 is 5.91 Å². The summed E-state index contributed by atoms with van der Waals surface area (Å²) in [6, 6.07) is 7.19. The normalized spacial score (nSPS) is 12.2. The van der Waals surface area contributed by atoms with Gasteiger partial charge in [-0.3, -0.25) is 4.79 Å². The summed E-state index contributed by atoms with van der Waals surface area (Å²) >= 11 is 0. The van der Waals surface area contributed by atoms with E-state index in [0.717, 1.165) is 6.42 Å². The van der Waals surface area contributed by atoms with Gasteiger partial charge in [-0.25, -0.2) is 0 Å². The average molecular weight is 279 g/mol. The van der Waals surface area contributed by atoms with Crippen LogP contribution in [-0.4, -0.2) is 30.3 Å². The number of amides is 1. The molecule has 4 heteroatoms. The molecule has 0 radical (unpaired) electrons. The molecule has 2 N–H and O–H groups in total. The van der Waals surface area contributed by atoms with Gasteiger partial charge in [-0.1, -0.05) is 19.4 Å². The van der Waals surface area contributed by atoms with Gasteiger partial charge < -0.3 is 15.2 Å². The minimum absolute atomic E-state index is 0.0855. The zero-order chi connectivity index (χ0) is 15.0. The van der Waals surface area contributed by atoms with E-state index in [1.807, 2.05) is 26.0 Å². The maximum atomic E-state index is 12.1. The third-order valence-corrected chi connectivity index (χ3v) is 3.13. The highest BCUT2D eigenvalue weighted by Crippen LogP contribution is 2.15. The number of aliphatic hydroxyl groups excluding tert-OH is 1. The van der Waals surface area contributed by atoms with Crippen LogP contribution in [0.2, 0.25) is 0 Å². The van der Waals surface area contributed by atoms with Gasteiger partial charge in [0.15, 0.2) is 0 Å². The average Bonchev–Trinajstić information content (AvgIpc) is 2.42. The van der Waals surface area contributed by atoms with Crippen molar-refractivity contribution in [2.75, 3.05) is 13.2 Å². The molecule has 1 aromatic rings. The van der Waals surface area contributed by atoms with Crippen molar-refractivity contribution < 1.29 is 14.6 Å². The number of rotatable bonds is 8. The summed E-state index contributed by atoms with van der Waals surface area (Å²) in [6.45, 7) is 6.71. The van der Waals surface area contributed by atoms with E-state index in [4.69, 9.17) is 9.84 Å². The Kier molecular flexibility index (Phi) is 7.09. The van der Waals surface area contributed by atoms with E-state index < -0.39 is 0 Å². The maximum Gasteiger partial charge on any atom is 0.251 e. The molecule has 0 aliphatic heterocycles. The summed E-state index contributed by atoms with van der Waals surface area (Å²) in [5.74, 6) is 0.921. The molecule has 1 atom stereocenters. The molecular weight excluding hydrogens is 254 g/mol. The Bertz CT molecular complexity index is 418. The molecule has 0 fully saturated rings. The Morgan fingerprint density at radius 3 is 2.75 bits per heavy atom. The highest BCUT2D eigenvalue weighted by Gasteiger charge is 2.10. The van der Waals surface area contributed by atoms with Crippen LogP contribution in [0.15, 0.2) is 24.3 Å². The standard InChI is InChI=1S/C16H25NO3/c1-4-13(8-9-18)11-17-16(19)14-6-5-7-15(10-14)20-12(2)3/h5-7,10,12-13,18H,4,8-9,11H2,1-3H3,(H,17,19). The molecule has 20 heavy (non-hydrogen) atoms. The zero-order valence-electron chi connectivity index (χ0n) is 12.6. The van der Waals surface area contributed by atoms with E-state index >= 15 is 0 Å². The molecule has 0 saturated carbocycles. The van der Waals surface area contributed by atoms with Gasteiger partial charge in [-0.15, -0.1) is 0 Å². The molecule has 112 valence electrons. The van der Waals surface area contributed by atoms with Crippen LogP contribution in [0.25, 0.3) is 0 Å². The molecule has 1 amide bonds. The van der Waals surface area contributed by atoms with Gasteiger partial charge >= 0.3 is 0 Å². The largest absolute Gasteiger partial charge is 0.491 e. The molecule has 1 rings (SSSR count). The van der Waals surface area contributed by atoms with Crippen LogP contribution < -0.4 is 10.1 Å². The third-order valence-electron chi connectivity index (χ3n) is 3.13. The second-order valence-corrected chi connectivity index (χ2v) is 5.19. The molecular formula is C16H25NO3.